The molecule has 0 unspecified atom stereocenters. The summed E-state index contributed by atoms with van der Waals surface area (Å²) in [7, 11) is 1.62. The molecule has 0 atom stereocenters. The number of nitro groups is 1. The van der Waals surface area contributed by atoms with Crippen LogP contribution >= 0.6 is 0 Å². The average molecular weight is 282 g/mol. The summed E-state index contributed by atoms with van der Waals surface area (Å²) in [5.41, 5.74) is 2.54. The number of rotatable bonds is 4. The van der Waals surface area contributed by atoms with Gasteiger partial charge in [0.25, 0.3) is 0 Å². The van der Waals surface area contributed by atoms with E-state index in [2.05, 4.69) is 16.7 Å². The lowest BCUT2D eigenvalue weighted by Crippen LogP contribution is -2.02. The van der Waals surface area contributed by atoms with Crippen LogP contribution in [0.4, 0.5) is 22.7 Å². The Labute approximate surface area is 122 Å². The van der Waals surface area contributed by atoms with E-state index < -0.39 is 4.92 Å². The molecule has 0 saturated heterocycles. The van der Waals surface area contributed by atoms with Crippen molar-refractivity contribution in [1.82, 2.24) is 0 Å². The third kappa shape index (κ3) is 2.77. The molecule has 21 heavy (non-hydrogen) atoms. The van der Waals surface area contributed by atoms with E-state index in [4.69, 9.17) is 0 Å². The Morgan fingerprint density at radius 3 is 2.38 bits per heavy atom. The monoisotopic (exact) mass is 282 g/mol. The van der Waals surface area contributed by atoms with Crippen molar-refractivity contribution in [3.63, 3.8) is 0 Å². The first kappa shape index (κ1) is 14.3. The van der Waals surface area contributed by atoms with Gasteiger partial charge in [0.2, 0.25) is 0 Å². The molecule has 0 aromatic heterocycles. The maximum absolute atomic E-state index is 11.3. The topological polar surface area (TPSA) is 91.0 Å². The van der Waals surface area contributed by atoms with E-state index in [-0.39, 0.29) is 5.69 Å². The van der Waals surface area contributed by atoms with Gasteiger partial charge < -0.3 is 10.6 Å². The van der Waals surface area contributed by atoms with Crippen molar-refractivity contribution >= 4 is 22.7 Å². The van der Waals surface area contributed by atoms with Gasteiger partial charge in [-0.2, -0.15) is 5.26 Å². The van der Waals surface area contributed by atoms with E-state index in [9.17, 15) is 15.4 Å². The standard InChI is InChI=1S/C15H14N4O2/c1-10-5-3-6-12(11(10)9-16)18-14-8-4-7-13(17-2)15(14)19(20)21/h3-8,17-18H,1-2H3. The number of aryl methyl sites for hydroxylation is 1. The third-order valence-corrected chi connectivity index (χ3v) is 3.14. The molecule has 2 aromatic carbocycles. The van der Waals surface area contributed by atoms with Gasteiger partial charge in [0.15, 0.2) is 0 Å². The van der Waals surface area contributed by atoms with Crippen LogP contribution in [-0.4, -0.2) is 12.0 Å². The minimum absolute atomic E-state index is 0.0506. The largest absolute Gasteiger partial charge is 0.382 e. The van der Waals surface area contributed by atoms with E-state index in [1.165, 1.54) is 0 Å². The molecule has 0 bridgehead atoms. The number of benzene rings is 2. The van der Waals surface area contributed by atoms with Gasteiger partial charge in [-0.25, -0.2) is 0 Å². The van der Waals surface area contributed by atoms with Crippen LogP contribution < -0.4 is 10.6 Å². The fourth-order valence-corrected chi connectivity index (χ4v) is 2.11. The van der Waals surface area contributed by atoms with Crippen molar-refractivity contribution in [2.24, 2.45) is 0 Å². The zero-order valence-corrected chi connectivity index (χ0v) is 11.7. The van der Waals surface area contributed by atoms with Crippen LogP contribution in [0, 0.1) is 28.4 Å². The summed E-state index contributed by atoms with van der Waals surface area (Å²) >= 11 is 0. The van der Waals surface area contributed by atoms with E-state index in [0.717, 1.165) is 5.56 Å². The van der Waals surface area contributed by atoms with Crippen LogP contribution in [0.5, 0.6) is 0 Å². The molecule has 2 N–H and O–H groups in total. The fraction of sp³-hybridized carbons (Fsp3) is 0.133. The second-order valence-electron chi connectivity index (χ2n) is 4.44. The first-order valence-corrected chi connectivity index (χ1v) is 6.30. The highest BCUT2D eigenvalue weighted by molar-refractivity contribution is 5.81. The number of nitrogens with one attached hydrogen (secondary N) is 2. The Bertz CT molecular complexity index is 735. The molecule has 2 aromatic rings. The SMILES string of the molecule is CNc1cccc(Nc2cccc(C)c2C#N)c1[N+](=O)[O-]. The second kappa shape index (κ2) is 5.92. The normalized spacial score (nSPS) is 9.76. The number of anilines is 3. The molecule has 0 saturated carbocycles. The summed E-state index contributed by atoms with van der Waals surface area (Å²) in [6.07, 6.45) is 0. The van der Waals surface area contributed by atoms with E-state index in [1.807, 2.05) is 13.0 Å². The van der Waals surface area contributed by atoms with Crippen LogP contribution in [0.15, 0.2) is 36.4 Å². The lowest BCUT2D eigenvalue weighted by Gasteiger charge is -2.12. The Morgan fingerprint density at radius 1 is 1.14 bits per heavy atom. The molecular formula is C15H14N4O2. The molecule has 0 radical (unpaired) electrons. The number of para-hydroxylation sites is 1. The molecule has 0 fully saturated rings. The van der Waals surface area contributed by atoms with Crippen LogP contribution in [0.25, 0.3) is 0 Å². The molecule has 0 aliphatic heterocycles. The van der Waals surface area contributed by atoms with Crippen molar-refractivity contribution in [3.05, 3.63) is 57.6 Å². The van der Waals surface area contributed by atoms with Crippen molar-refractivity contribution in [1.29, 1.82) is 5.26 Å². The van der Waals surface area contributed by atoms with Crippen molar-refractivity contribution in [2.45, 2.75) is 6.92 Å². The minimum atomic E-state index is -0.448. The molecular weight excluding hydrogens is 268 g/mol. The minimum Gasteiger partial charge on any atom is -0.382 e. The Balaban J connectivity index is 2.53. The van der Waals surface area contributed by atoms with Gasteiger partial charge in [-0.1, -0.05) is 18.2 Å². The third-order valence-electron chi connectivity index (χ3n) is 3.14. The maximum Gasteiger partial charge on any atom is 0.315 e. The highest BCUT2D eigenvalue weighted by Crippen LogP contribution is 2.35. The molecule has 0 heterocycles. The summed E-state index contributed by atoms with van der Waals surface area (Å²) in [5.74, 6) is 0. The molecule has 0 aliphatic rings. The Kier molecular flexibility index (Phi) is 4.05. The Hall–Kier alpha value is -3.07. The first-order valence-electron chi connectivity index (χ1n) is 6.30. The molecule has 6 heteroatoms. The summed E-state index contributed by atoms with van der Waals surface area (Å²) in [5, 5.41) is 26.3. The molecule has 0 aliphatic carbocycles. The molecule has 0 amide bonds. The van der Waals surface area contributed by atoms with Gasteiger partial charge in [0, 0.05) is 7.05 Å². The second-order valence-corrected chi connectivity index (χ2v) is 4.44. The Morgan fingerprint density at radius 2 is 1.76 bits per heavy atom. The van der Waals surface area contributed by atoms with E-state index in [1.54, 1.807) is 37.4 Å². The number of nitro benzene ring substituents is 1. The smallest absolute Gasteiger partial charge is 0.315 e. The number of hydrogen-bond acceptors (Lipinski definition) is 5. The highest BCUT2D eigenvalue weighted by Gasteiger charge is 2.19. The predicted molar refractivity (Wildman–Crippen MR) is 81.8 cm³/mol. The fourth-order valence-electron chi connectivity index (χ4n) is 2.11. The van der Waals surface area contributed by atoms with Crippen LogP contribution in [0.1, 0.15) is 11.1 Å². The molecule has 106 valence electrons. The quantitative estimate of drug-likeness (QED) is 0.661. The molecule has 2 rings (SSSR count). The number of hydrogen-bond donors (Lipinski definition) is 2. The lowest BCUT2D eigenvalue weighted by molar-refractivity contribution is -0.383. The van der Waals surface area contributed by atoms with Gasteiger partial charge >= 0.3 is 5.69 Å². The average Bonchev–Trinajstić information content (AvgIpc) is 2.47. The van der Waals surface area contributed by atoms with Gasteiger partial charge in [-0.05, 0) is 30.7 Å². The lowest BCUT2D eigenvalue weighted by atomic mass is 10.1. The zero-order valence-electron chi connectivity index (χ0n) is 11.7. The van der Waals surface area contributed by atoms with Crippen LogP contribution in [-0.2, 0) is 0 Å². The van der Waals surface area contributed by atoms with Crippen molar-refractivity contribution < 1.29 is 4.92 Å². The number of nitrogens with zero attached hydrogens (tertiary/aromatic N) is 2. The maximum atomic E-state index is 11.3. The van der Waals surface area contributed by atoms with Crippen molar-refractivity contribution in [2.75, 3.05) is 17.7 Å². The first-order chi connectivity index (χ1) is 10.1. The van der Waals surface area contributed by atoms with Crippen LogP contribution in [0.3, 0.4) is 0 Å². The van der Waals surface area contributed by atoms with Gasteiger partial charge in [0.05, 0.1) is 16.2 Å². The summed E-state index contributed by atoms with van der Waals surface area (Å²) in [6, 6.07) is 12.4. The van der Waals surface area contributed by atoms with Gasteiger partial charge in [-0.15, -0.1) is 0 Å². The number of nitriles is 1. The molecule has 0 spiro atoms. The molecule has 6 nitrogen and oxygen atoms in total. The van der Waals surface area contributed by atoms with Gasteiger partial charge in [0.1, 0.15) is 17.4 Å². The summed E-state index contributed by atoms with van der Waals surface area (Å²) < 4.78 is 0. The van der Waals surface area contributed by atoms with Crippen LogP contribution in [0.2, 0.25) is 0 Å². The summed E-state index contributed by atoms with van der Waals surface area (Å²) in [4.78, 5) is 10.8. The van der Waals surface area contributed by atoms with E-state index in [0.29, 0.717) is 22.6 Å². The zero-order chi connectivity index (χ0) is 15.4. The van der Waals surface area contributed by atoms with Gasteiger partial charge in [-0.3, -0.25) is 10.1 Å². The highest BCUT2D eigenvalue weighted by atomic mass is 16.6. The predicted octanol–water partition coefficient (Wildman–Crippen LogP) is 3.56. The van der Waals surface area contributed by atoms with E-state index >= 15 is 0 Å². The van der Waals surface area contributed by atoms with Crippen molar-refractivity contribution in [3.8, 4) is 6.07 Å². The summed E-state index contributed by atoms with van der Waals surface area (Å²) in [6.45, 7) is 1.82.